The lowest BCUT2D eigenvalue weighted by Gasteiger charge is -2.10. The van der Waals surface area contributed by atoms with Crippen molar-refractivity contribution in [3.05, 3.63) is 108 Å². The fourth-order valence-electron chi connectivity index (χ4n) is 3.81. The molecule has 4 aromatic rings. The Bertz CT molecular complexity index is 1330. The van der Waals surface area contributed by atoms with Gasteiger partial charge in [-0.1, -0.05) is 85.0 Å². The van der Waals surface area contributed by atoms with E-state index in [1.165, 1.54) is 0 Å². The number of benzene rings is 2. The van der Waals surface area contributed by atoms with E-state index in [4.69, 9.17) is 14.7 Å². The van der Waals surface area contributed by atoms with Crippen molar-refractivity contribution in [3.8, 4) is 17.1 Å². The number of amides is 1. The molecule has 0 fully saturated rings. The number of aromatic nitrogens is 3. The van der Waals surface area contributed by atoms with E-state index in [0.717, 1.165) is 28.1 Å². The second kappa shape index (κ2) is 10.6. The highest BCUT2D eigenvalue weighted by atomic mass is 16.6. The van der Waals surface area contributed by atoms with Crippen LogP contribution < -0.4 is 10.1 Å². The number of rotatable bonds is 8. The van der Waals surface area contributed by atoms with Gasteiger partial charge in [-0.2, -0.15) is 0 Å². The number of nitrogens with one attached hydrogen (secondary N) is 1. The molecule has 0 atom stereocenters. The molecular weight excluding hydrogens is 424 g/mol. The van der Waals surface area contributed by atoms with Crippen LogP contribution in [0.15, 0.2) is 91.2 Å². The molecule has 0 saturated carbocycles. The van der Waals surface area contributed by atoms with Crippen molar-refractivity contribution in [2.45, 2.75) is 26.7 Å². The predicted molar refractivity (Wildman–Crippen MR) is 135 cm³/mol. The molecule has 1 N–H and O–H groups in total. The van der Waals surface area contributed by atoms with Crippen LogP contribution in [0.2, 0.25) is 0 Å². The van der Waals surface area contributed by atoms with Gasteiger partial charge in [-0.25, -0.2) is 14.8 Å². The number of imidazole rings is 1. The van der Waals surface area contributed by atoms with Crippen LogP contribution in [0.25, 0.3) is 16.9 Å². The summed E-state index contributed by atoms with van der Waals surface area (Å²) in [6, 6.07) is 20.1. The van der Waals surface area contributed by atoms with E-state index in [2.05, 4.69) is 24.0 Å². The van der Waals surface area contributed by atoms with Crippen molar-refractivity contribution in [3.63, 3.8) is 0 Å². The van der Waals surface area contributed by atoms with E-state index in [9.17, 15) is 4.79 Å². The number of hydrogen-bond acceptors (Lipinski definition) is 4. The molecule has 2 aromatic heterocycles. The lowest BCUT2D eigenvalue weighted by Crippen LogP contribution is -2.27. The summed E-state index contributed by atoms with van der Waals surface area (Å²) in [5, 5.41) is 2.71. The summed E-state index contributed by atoms with van der Waals surface area (Å²) in [6.07, 6.45) is 6.16. The van der Waals surface area contributed by atoms with Crippen LogP contribution >= 0.6 is 0 Å². The summed E-state index contributed by atoms with van der Waals surface area (Å²) >= 11 is 0. The molecule has 0 spiro atoms. The van der Waals surface area contributed by atoms with Gasteiger partial charge in [-0.15, -0.1) is 0 Å². The van der Waals surface area contributed by atoms with Gasteiger partial charge >= 0.3 is 6.09 Å². The van der Waals surface area contributed by atoms with Gasteiger partial charge in [0.1, 0.15) is 5.69 Å². The Morgan fingerprint density at radius 1 is 1.06 bits per heavy atom. The van der Waals surface area contributed by atoms with E-state index in [1.54, 1.807) is 6.08 Å². The maximum absolute atomic E-state index is 12.4. The summed E-state index contributed by atoms with van der Waals surface area (Å²) in [5.41, 5.74) is 6.08. The van der Waals surface area contributed by atoms with Crippen molar-refractivity contribution in [2.75, 3.05) is 6.54 Å². The molecule has 0 aliphatic rings. The Labute approximate surface area is 199 Å². The predicted octanol–water partition coefficient (Wildman–Crippen LogP) is 5.77. The fraction of sp³-hybridized carbons (Fsp3) is 0.179. The summed E-state index contributed by atoms with van der Waals surface area (Å²) < 4.78 is 7.63. The Morgan fingerprint density at radius 3 is 2.44 bits per heavy atom. The zero-order valence-electron chi connectivity index (χ0n) is 19.5. The molecule has 0 unspecified atom stereocenters. The molecule has 0 aliphatic carbocycles. The van der Waals surface area contributed by atoms with Gasteiger partial charge in [0, 0.05) is 31.1 Å². The minimum absolute atomic E-state index is 0.395. The average Bonchev–Trinajstić information content (AvgIpc) is 3.17. The summed E-state index contributed by atoms with van der Waals surface area (Å²) in [5.74, 6) is 0.395. The Balaban J connectivity index is 1.92. The van der Waals surface area contributed by atoms with Crippen LogP contribution in [0.3, 0.4) is 0 Å². The van der Waals surface area contributed by atoms with Crippen molar-refractivity contribution < 1.29 is 9.53 Å². The smallest absolute Gasteiger partial charge is 0.391 e. The van der Waals surface area contributed by atoms with Gasteiger partial charge in [0.15, 0.2) is 5.65 Å². The fourth-order valence-corrected chi connectivity index (χ4v) is 3.81. The Kier molecular flexibility index (Phi) is 7.18. The van der Waals surface area contributed by atoms with Crippen LogP contribution in [-0.2, 0) is 12.8 Å². The second-order valence-corrected chi connectivity index (χ2v) is 8.00. The van der Waals surface area contributed by atoms with Gasteiger partial charge in [0.25, 0.3) is 0 Å². The zero-order valence-corrected chi connectivity index (χ0v) is 19.5. The van der Waals surface area contributed by atoms with E-state index in [0.29, 0.717) is 36.6 Å². The van der Waals surface area contributed by atoms with E-state index < -0.39 is 6.09 Å². The monoisotopic (exact) mass is 452 g/mol. The molecule has 0 aliphatic heterocycles. The van der Waals surface area contributed by atoms with Crippen LogP contribution in [0, 0.1) is 0 Å². The third kappa shape index (κ3) is 5.23. The average molecular weight is 453 g/mol. The van der Waals surface area contributed by atoms with Crippen molar-refractivity contribution in [1.82, 2.24) is 19.7 Å². The van der Waals surface area contributed by atoms with E-state index in [-0.39, 0.29) is 0 Å². The molecule has 4 rings (SSSR count). The standard InChI is InChI=1S/C28H28N4O2/c1-4-12-20(3)17-24-27(34-28(33)29-5-2)32-19-25(22-15-10-7-11-16-22)30-23(26(32)31-24)18-21-13-8-6-9-14-21/h4,6-16,19H,1,5,17-18H2,2-3H3,(H,29,33)/b20-12+. The zero-order chi connectivity index (χ0) is 23.9. The van der Waals surface area contributed by atoms with Crippen LogP contribution in [0.1, 0.15) is 30.8 Å². The van der Waals surface area contributed by atoms with Crippen LogP contribution in [0.4, 0.5) is 4.79 Å². The first-order valence-electron chi connectivity index (χ1n) is 11.3. The van der Waals surface area contributed by atoms with Gasteiger partial charge in [-0.3, -0.25) is 4.40 Å². The topological polar surface area (TPSA) is 68.5 Å². The summed E-state index contributed by atoms with van der Waals surface area (Å²) in [4.78, 5) is 22.3. The maximum atomic E-state index is 12.4. The number of carbonyl (C=O) groups is 1. The third-order valence-electron chi connectivity index (χ3n) is 5.34. The molecule has 0 bridgehead atoms. The number of fused-ring (bicyclic) bond motifs is 1. The first-order chi connectivity index (χ1) is 16.6. The molecule has 2 heterocycles. The van der Waals surface area contributed by atoms with Crippen molar-refractivity contribution in [2.24, 2.45) is 0 Å². The first-order valence-corrected chi connectivity index (χ1v) is 11.3. The first kappa shape index (κ1) is 23.0. The minimum Gasteiger partial charge on any atom is -0.391 e. The summed E-state index contributed by atoms with van der Waals surface area (Å²) in [7, 11) is 0. The lowest BCUT2D eigenvalue weighted by molar-refractivity contribution is 0.198. The normalized spacial score (nSPS) is 11.4. The second-order valence-electron chi connectivity index (χ2n) is 8.00. The van der Waals surface area contributed by atoms with Gasteiger partial charge in [0.05, 0.1) is 11.4 Å². The number of allylic oxidation sites excluding steroid dienone is 3. The highest BCUT2D eigenvalue weighted by Gasteiger charge is 2.21. The minimum atomic E-state index is -0.515. The number of carbonyl (C=O) groups excluding carboxylic acids is 1. The van der Waals surface area contributed by atoms with Gasteiger partial charge < -0.3 is 10.1 Å². The molecule has 172 valence electrons. The molecule has 34 heavy (non-hydrogen) atoms. The quantitative estimate of drug-likeness (QED) is 0.345. The summed E-state index contributed by atoms with van der Waals surface area (Å²) in [6.45, 7) is 8.10. The molecule has 1 amide bonds. The van der Waals surface area contributed by atoms with Crippen LogP contribution in [0.5, 0.6) is 5.88 Å². The molecule has 6 heteroatoms. The van der Waals surface area contributed by atoms with E-state index >= 15 is 0 Å². The number of hydrogen-bond donors (Lipinski definition) is 1. The van der Waals surface area contributed by atoms with Crippen molar-refractivity contribution >= 4 is 11.7 Å². The SMILES string of the molecule is C=C/C=C(\C)Cc1nc2c(Cc3ccccc3)nc(-c3ccccc3)cn2c1OC(=O)NCC. The molecular formula is C28H28N4O2. The van der Waals surface area contributed by atoms with Crippen LogP contribution in [-0.4, -0.2) is 27.0 Å². The highest BCUT2D eigenvalue weighted by Crippen LogP contribution is 2.29. The van der Waals surface area contributed by atoms with Gasteiger partial charge in [-0.05, 0) is 19.4 Å². The van der Waals surface area contributed by atoms with Gasteiger partial charge in [0.2, 0.25) is 5.88 Å². The van der Waals surface area contributed by atoms with Crippen molar-refractivity contribution in [1.29, 1.82) is 0 Å². The Morgan fingerprint density at radius 2 is 1.76 bits per heavy atom. The van der Waals surface area contributed by atoms with E-state index in [1.807, 2.05) is 79.1 Å². The number of nitrogens with zero attached hydrogens (tertiary/aromatic N) is 3. The molecule has 0 saturated heterocycles. The largest absolute Gasteiger partial charge is 0.413 e. The highest BCUT2D eigenvalue weighted by molar-refractivity contribution is 5.71. The molecule has 2 aromatic carbocycles. The lowest BCUT2D eigenvalue weighted by atomic mass is 10.1. The third-order valence-corrected chi connectivity index (χ3v) is 5.34. The Hall–Kier alpha value is -4.19. The number of ether oxygens (including phenoxy) is 1. The molecule has 6 nitrogen and oxygen atoms in total. The maximum Gasteiger partial charge on any atom is 0.413 e. The molecule has 0 radical (unpaired) electrons.